The molecule has 0 aromatic rings. The van der Waals surface area contributed by atoms with Gasteiger partial charge >= 0.3 is 12.1 Å². The zero-order valence-electron chi connectivity index (χ0n) is 16.4. The molecular formula is C18H32N4O6. The number of nitrogens with zero attached hydrogens (tertiary/aromatic N) is 2. The molecule has 0 aromatic carbocycles. The predicted molar refractivity (Wildman–Crippen MR) is 102 cm³/mol. The Kier molecular flexibility index (Phi) is 9.45. The van der Waals surface area contributed by atoms with Crippen LogP contribution in [0.25, 0.3) is 0 Å². The number of guanidine groups is 1. The summed E-state index contributed by atoms with van der Waals surface area (Å²) in [5, 5.41) is 24.1. The number of amides is 3. The standard InChI is InChI=1S/C18H32N4O6/c1-2-3-4-5-6-7-8-9-27-18(26)21-16-19-12-22(17(25)20-16)15-10-13(24)14(11-23)28-15/h13-15,23-24H,2-12H2,1H3,(H2,19,20,21,25,26). The molecule has 0 bridgehead atoms. The number of ether oxygens (including phenoxy) is 2. The summed E-state index contributed by atoms with van der Waals surface area (Å²) in [6, 6.07) is -0.600. The van der Waals surface area contributed by atoms with Crippen LogP contribution in [0, 0.1) is 0 Å². The van der Waals surface area contributed by atoms with Crippen LogP contribution in [0.2, 0.25) is 0 Å². The van der Waals surface area contributed by atoms with E-state index in [2.05, 4.69) is 22.5 Å². The summed E-state index contributed by atoms with van der Waals surface area (Å²) >= 11 is 0. The minimum atomic E-state index is -0.840. The molecule has 2 heterocycles. The quantitative estimate of drug-likeness (QED) is 0.406. The van der Waals surface area contributed by atoms with E-state index in [0.717, 1.165) is 19.3 Å². The number of unbranched alkanes of at least 4 members (excludes halogenated alkanes) is 6. The Morgan fingerprint density at radius 1 is 1.32 bits per heavy atom. The van der Waals surface area contributed by atoms with Crippen LogP contribution in [0.15, 0.2) is 4.99 Å². The van der Waals surface area contributed by atoms with E-state index >= 15 is 0 Å². The molecule has 3 atom stereocenters. The molecule has 0 aromatic heterocycles. The van der Waals surface area contributed by atoms with Crippen LogP contribution in [-0.4, -0.2) is 71.5 Å². The Bertz CT molecular complexity index is 544. The number of carbonyl (C=O) groups is 2. The van der Waals surface area contributed by atoms with Gasteiger partial charge in [-0.1, -0.05) is 45.4 Å². The molecule has 3 unspecified atom stereocenters. The number of alkyl carbamates (subject to hydrolysis) is 1. The summed E-state index contributed by atoms with van der Waals surface area (Å²) in [5.74, 6) is 0.0167. The molecule has 2 rings (SSSR count). The lowest BCUT2D eigenvalue weighted by Crippen LogP contribution is -2.54. The van der Waals surface area contributed by atoms with E-state index in [9.17, 15) is 14.7 Å². The highest BCUT2D eigenvalue weighted by atomic mass is 16.6. The second-order valence-electron chi connectivity index (χ2n) is 7.04. The molecule has 1 fully saturated rings. The molecule has 2 aliphatic heterocycles. The number of aliphatic hydroxyl groups is 2. The van der Waals surface area contributed by atoms with Crippen molar-refractivity contribution in [2.75, 3.05) is 19.9 Å². The van der Waals surface area contributed by atoms with E-state index in [4.69, 9.17) is 14.6 Å². The summed E-state index contributed by atoms with van der Waals surface area (Å²) in [6.45, 7) is 2.24. The fourth-order valence-electron chi connectivity index (χ4n) is 3.15. The van der Waals surface area contributed by atoms with Gasteiger partial charge in [0.15, 0.2) is 0 Å². The summed E-state index contributed by atoms with van der Waals surface area (Å²) < 4.78 is 10.5. The second-order valence-corrected chi connectivity index (χ2v) is 7.04. The fourth-order valence-corrected chi connectivity index (χ4v) is 3.15. The predicted octanol–water partition coefficient (Wildman–Crippen LogP) is 1.27. The Morgan fingerprint density at radius 3 is 2.68 bits per heavy atom. The van der Waals surface area contributed by atoms with Crippen LogP contribution in [0.5, 0.6) is 0 Å². The van der Waals surface area contributed by atoms with Crippen LogP contribution in [0.3, 0.4) is 0 Å². The number of hydrogen-bond donors (Lipinski definition) is 4. The second kappa shape index (κ2) is 11.8. The topological polar surface area (TPSA) is 133 Å². The smallest absolute Gasteiger partial charge is 0.413 e. The van der Waals surface area contributed by atoms with E-state index in [-0.39, 0.29) is 25.7 Å². The van der Waals surface area contributed by atoms with Crippen molar-refractivity contribution < 1.29 is 29.3 Å². The number of nitrogens with one attached hydrogen (secondary N) is 2. The first kappa shape index (κ1) is 22.4. The van der Waals surface area contributed by atoms with Gasteiger partial charge in [0, 0.05) is 6.42 Å². The SMILES string of the molecule is CCCCCCCCCOC(=O)NC1=NC(=O)N(C2CC(O)C(CO)O2)CN1. The zero-order chi connectivity index (χ0) is 20.4. The van der Waals surface area contributed by atoms with Crippen LogP contribution < -0.4 is 10.6 Å². The molecule has 0 radical (unpaired) electrons. The van der Waals surface area contributed by atoms with E-state index in [1.54, 1.807) is 0 Å². The molecule has 1 saturated heterocycles. The van der Waals surface area contributed by atoms with Crippen LogP contribution in [-0.2, 0) is 9.47 Å². The van der Waals surface area contributed by atoms with E-state index in [1.807, 2.05) is 0 Å². The minimum absolute atomic E-state index is 0.0167. The summed E-state index contributed by atoms with van der Waals surface area (Å²) in [5.41, 5.74) is 0. The van der Waals surface area contributed by atoms with Gasteiger partial charge in [0.05, 0.1) is 26.0 Å². The van der Waals surface area contributed by atoms with Gasteiger partial charge in [0.2, 0.25) is 5.96 Å². The molecule has 10 nitrogen and oxygen atoms in total. The zero-order valence-corrected chi connectivity index (χ0v) is 16.4. The monoisotopic (exact) mass is 400 g/mol. The Morgan fingerprint density at radius 2 is 2.04 bits per heavy atom. The highest BCUT2D eigenvalue weighted by molar-refractivity contribution is 6.01. The summed E-state index contributed by atoms with van der Waals surface area (Å²) in [7, 11) is 0. The maximum Gasteiger partial charge on any atom is 0.413 e. The average molecular weight is 400 g/mol. The van der Waals surface area contributed by atoms with Crippen molar-refractivity contribution in [3.05, 3.63) is 0 Å². The van der Waals surface area contributed by atoms with Crippen molar-refractivity contribution in [3.63, 3.8) is 0 Å². The van der Waals surface area contributed by atoms with Crippen LogP contribution in [0.4, 0.5) is 9.59 Å². The van der Waals surface area contributed by atoms with Gasteiger partial charge in [-0.2, -0.15) is 4.99 Å². The van der Waals surface area contributed by atoms with Gasteiger partial charge in [-0.15, -0.1) is 0 Å². The third kappa shape index (κ3) is 6.92. The Hall–Kier alpha value is -1.91. The van der Waals surface area contributed by atoms with Crippen molar-refractivity contribution in [1.29, 1.82) is 0 Å². The molecule has 0 saturated carbocycles. The molecule has 4 N–H and O–H groups in total. The largest absolute Gasteiger partial charge is 0.449 e. The number of urea groups is 1. The van der Waals surface area contributed by atoms with Gasteiger partial charge in [0.25, 0.3) is 0 Å². The van der Waals surface area contributed by atoms with Crippen LogP contribution in [0.1, 0.15) is 58.3 Å². The lowest BCUT2D eigenvalue weighted by Gasteiger charge is -2.30. The molecule has 3 amide bonds. The number of hydrogen-bond acceptors (Lipinski definition) is 7. The third-order valence-electron chi connectivity index (χ3n) is 4.80. The van der Waals surface area contributed by atoms with Crippen LogP contribution >= 0.6 is 0 Å². The molecular weight excluding hydrogens is 368 g/mol. The minimum Gasteiger partial charge on any atom is -0.449 e. The van der Waals surface area contributed by atoms with Crippen molar-refractivity contribution in [1.82, 2.24) is 15.5 Å². The number of aliphatic imine (C=N–C) groups is 1. The molecule has 0 aliphatic carbocycles. The Balaban J connectivity index is 1.64. The third-order valence-corrected chi connectivity index (χ3v) is 4.80. The van der Waals surface area contributed by atoms with Crippen molar-refractivity contribution in [2.45, 2.75) is 76.7 Å². The van der Waals surface area contributed by atoms with Gasteiger partial charge in [-0.05, 0) is 6.42 Å². The van der Waals surface area contributed by atoms with E-state index < -0.39 is 30.6 Å². The Labute approximate surface area is 165 Å². The molecule has 2 aliphatic rings. The summed E-state index contributed by atoms with van der Waals surface area (Å²) in [6.07, 6.45) is 5.20. The molecule has 28 heavy (non-hydrogen) atoms. The normalized spacial score (nSPS) is 24.7. The number of carbonyl (C=O) groups excluding carboxylic acids is 2. The van der Waals surface area contributed by atoms with E-state index in [0.29, 0.717) is 6.61 Å². The first-order chi connectivity index (χ1) is 13.5. The van der Waals surface area contributed by atoms with Crippen molar-refractivity contribution in [3.8, 4) is 0 Å². The lowest BCUT2D eigenvalue weighted by molar-refractivity contribution is -0.0645. The van der Waals surface area contributed by atoms with E-state index in [1.165, 1.54) is 30.6 Å². The van der Waals surface area contributed by atoms with Crippen molar-refractivity contribution >= 4 is 18.1 Å². The number of aliphatic hydroxyl groups excluding tert-OH is 2. The molecule has 160 valence electrons. The first-order valence-electron chi connectivity index (χ1n) is 10.1. The van der Waals surface area contributed by atoms with Gasteiger partial charge in [0.1, 0.15) is 12.3 Å². The maximum absolute atomic E-state index is 12.2. The first-order valence-corrected chi connectivity index (χ1v) is 10.1. The maximum atomic E-state index is 12.2. The molecule has 10 heteroatoms. The van der Waals surface area contributed by atoms with Crippen molar-refractivity contribution in [2.24, 2.45) is 4.99 Å². The molecule has 0 spiro atoms. The lowest BCUT2D eigenvalue weighted by atomic mass is 10.1. The van der Waals surface area contributed by atoms with Gasteiger partial charge < -0.3 is 25.0 Å². The summed E-state index contributed by atoms with van der Waals surface area (Å²) in [4.78, 5) is 29.0. The average Bonchev–Trinajstić information content (AvgIpc) is 3.04. The highest BCUT2D eigenvalue weighted by Crippen LogP contribution is 2.24. The fraction of sp³-hybridized carbons (Fsp3) is 0.833. The highest BCUT2D eigenvalue weighted by Gasteiger charge is 2.39. The van der Waals surface area contributed by atoms with Gasteiger partial charge in [-0.25, -0.2) is 9.59 Å². The number of rotatable bonds is 10. The van der Waals surface area contributed by atoms with Gasteiger partial charge in [-0.3, -0.25) is 10.2 Å².